The van der Waals surface area contributed by atoms with Crippen LogP contribution in [0.15, 0.2) is 18.2 Å². The van der Waals surface area contributed by atoms with E-state index in [1.54, 1.807) is 5.56 Å². The highest BCUT2D eigenvalue weighted by Crippen LogP contribution is 2.54. The Morgan fingerprint density at radius 3 is 2.80 bits per heavy atom. The van der Waals surface area contributed by atoms with Gasteiger partial charge < -0.3 is 5.32 Å². The minimum absolute atomic E-state index is 0.324. The molecule has 4 rings (SSSR count). The third kappa shape index (κ3) is 1.61. The van der Waals surface area contributed by atoms with Crippen LogP contribution in [0.25, 0.3) is 0 Å². The quantitative estimate of drug-likeness (QED) is 0.707. The van der Waals surface area contributed by atoms with Crippen LogP contribution >= 0.6 is 0 Å². The molecule has 1 nitrogen and oxygen atoms in total. The molecule has 2 fully saturated rings. The Hall–Kier alpha value is -0.980. The first kappa shape index (κ1) is 12.7. The first-order valence-electron chi connectivity index (χ1n) is 8.45. The molecule has 2 aliphatic carbocycles. The van der Waals surface area contributed by atoms with E-state index in [0.29, 0.717) is 5.41 Å². The Kier molecular flexibility index (Phi) is 2.71. The van der Waals surface area contributed by atoms with Crippen LogP contribution in [0.1, 0.15) is 57.1 Å². The molecule has 1 heteroatoms. The van der Waals surface area contributed by atoms with Gasteiger partial charge in [0.1, 0.15) is 0 Å². The number of benzene rings is 1. The molecule has 3 aliphatic rings. The maximum absolute atomic E-state index is 3.99. The molecule has 0 aromatic heterocycles. The zero-order chi connectivity index (χ0) is 13.9. The van der Waals surface area contributed by atoms with Crippen LogP contribution in [0.4, 0.5) is 5.69 Å². The first-order valence-corrected chi connectivity index (χ1v) is 8.45. The fourth-order valence-corrected chi connectivity index (χ4v) is 5.55. The molecule has 2 saturated carbocycles. The van der Waals surface area contributed by atoms with Gasteiger partial charge in [-0.2, -0.15) is 0 Å². The van der Waals surface area contributed by atoms with Crippen molar-refractivity contribution in [3.05, 3.63) is 29.3 Å². The monoisotopic (exact) mass is 269 g/mol. The molecule has 0 radical (unpaired) electrons. The minimum Gasteiger partial charge on any atom is -0.381 e. The van der Waals surface area contributed by atoms with Gasteiger partial charge in [-0.15, -0.1) is 0 Å². The van der Waals surface area contributed by atoms with E-state index in [4.69, 9.17) is 0 Å². The number of rotatable bonds is 0. The molecule has 1 aromatic carbocycles. The van der Waals surface area contributed by atoms with Gasteiger partial charge in [0.2, 0.25) is 0 Å². The normalized spacial score (nSPS) is 37.5. The molecule has 0 saturated heterocycles. The number of aryl methyl sites for hydroxylation is 1. The van der Waals surface area contributed by atoms with E-state index in [2.05, 4.69) is 44.3 Å². The number of fused-ring (bicyclic) bond motifs is 4. The van der Waals surface area contributed by atoms with E-state index in [-0.39, 0.29) is 0 Å². The summed E-state index contributed by atoms with van der Waals surface area (Å²) in [4.78, 5) is 0. The molecule has 4 atom stereocenters. The predicted octanol–water partition coefficient (Wildman–Crippen LogP) is 4.89. The summed E-state index contributed by atoms with van der Waals surface area (Å²) in [6, 6.07) is 7.57. The van der Waals surface area contributed by atoms with E-state index in [0.717, 1.165) is 23.8 Å². The number of nitrogens with one attached hydrogen (secondary N) is 1. The average molecular weight is 269 g/mol. The Bertz CT molecular complexity index is 531. The second kappa shape index (κ2) is 4.26. The summed E-state index contributed by atoms with van der Waals surface area (Å²) < 4.78 is 0. The third-order valence-electron chi connectivity index (χ3n) is 6.67. The molecular formula is C19H27N. The van der Waals surface area contributed by atoms with Gasteiger partial charge in [-0.3, -0.25) is 0 Å². The maximum Gasteiger partial charge on any atom is 0.0410 e. The SMILES string of the molecule is Cc1cccc2c1N[C@H]1[C@@H]3CCC[C@@H]3CC[C@H]1C2(C)C. The van der Waals surface area contributed by atoms with E-state index < -0.39 is 0 Å². The first-order chi connectivity index (χ1) is 9.59. The molecular weight excluding hydrogens is 242 g/mol. The van der Waals surface area contributed by atoms with Gasteiger partial charge in [0.15, 0.2) is 0 Å². The lowest BCUT2D eigenvalue weighted by molar-refractivity contribution is 0.121. The zero-order valence-corrected chi connectivity index (χ0v) is 13.1. The summed E-state index contributed by atoms with van der Waals surface area (Å²) in [6.45, 7) is 7.23. The van der Waals surface area contributed by atoms with Gasteiger partial charge >= 0.3 is 0 Å². The van der Waals surface area contributed by atoms with Gasteiger partial charge in [0.25, 0.3) is 0 Å². The number of hydrogen-bond acceptors (Lipinski definition) is 1. The van der Waals surface area contributed by atoms with Gasteiger partial charge in [0.05, 0.1) is 0 Å². The molecule has 1 aromatic rings. The van der Waals surface area contributed by atoms with Crippen molar-refractivity contribution in [2.45, 2.75) is 64.3 Å². The molecule has 1 N–H and O–H groups in total. The van der Waals surface area contributed by atoms with Crippen molar-refractivity contribution in [1.29, 1.82) is 0 Å². The summed E-state index contributed by atoms with van der Waals surface area (Å²) >= 11 is 0. The van der Waals surface area contributed by atoms with Gasteiger partial charge in [-0.25, -0.2) is 0 Å². The van der Waals surface area contributed by atoms with Crippen LogP contribution < -0.4 is 5.32 Å². The molecule has 0 bridgehead atoms. The molecule has 0 unspecified atom stereocenters. The Morgan fingerprint density at radius 2 is 1.95 bits per heavy atom. The van der Waals surface area contributed by atoms with Crippen LogP contribution in [0.2, 0.25) is 0 Å². The van der Waals surface area contributed by atoms with E-state index in [1.807, 2.05) is 0 Å². The summed E-state index contributed by atoms with van der Waals surface area (Å²) in [6.07, 6.45) is 7.28. The molecule has 108 valence electrons. The highest BCUT2D eigenvalue weighted by Gasteiger charge is 2.50. The summed E-state index contributed by atoms with van der Waals surface area (Å²) in [7, 11) is 0. The fraction of sp³-hybridized carbons (Fsp3) is 0.684. The Balaban J connectivity index is 1.81. The molecule has 0 amide bonds. The summed E-state index contributed by atoms with van der Waals surface area (Å²) in [5, 5.41) is 3.99. The lowest BCUT2D eigenvalue weighted by atomic mass is 9.58. The largest absolute Gasteiger partial charge is 0.381 e. The fourth-order valence-electron chi connectivity index (χ4n) is 5.55. The van der Waals surface area contributed by atoms with E-state index in [1.165, 1.54) is 43.4 Å². The molecule has 20 heavy (non-hydrogen) atoms. The van der Waals surface area contributed by atoms with Crippen molar-refractivity contribution < 1.29 is 0 Å². The Labute approximate surface area is 123 Å². The second-order valence-electron chi connectivity index (χ2n) is 7.93. The number of para-hydroxylation sites is 1. The van der Waals surface area contributed by atoms with Crippen LogP contribution in [-0.2, 0) is 5.41 Å². The zero-order valence-electron chi connectivity index (χ0n) is 13.1. The smallest absolute Gasteiger partial charge is 0.0410 e. The highest BCUT2D eigenvalue weighted by molar-refractivity contribution is 5.63. The van der Waals surface area contributed by atoms with E-state index >= 15 is 0 Å². The molecule has 1 heterocycles. The lowest BCUT2D eigenvalue weighted by Crippen LogP contribution is -2.53. The van der Waals surface area contributed by atoms with Gasteiger partial charge in [-0.1, -0.05) is 44.9 Å². The number of hydrogen-bond donors (Lipinski definition) is 1. The minimum atomic E-state index is 0.324. The highest BCUT2D eigenvalue weighted by atomic mass is 15.0. The van der Waals surface area contributed by atoms with E-state index in [9.17, 15) is 0 Å². The van der Waals surface area contributed by atoms with Crippen molar-refractivity contribution in [1.82, 2.24) is 0 Å². The third-order valence-corrected chi connectivity index (χ3v) is 6.67. The van der Waals surface area contributed by atoms with Crippen LogP contribution in [0.3, 0.4) is 0 Å². The van der Waals surface area contributed by atoms with Gasteiger partial charge in [-0.05, 0) is 60.5 Å². The van der Waals surface area contributed by atoms with Crippen molar-refractivity contribution in [2.24, 2.45) is 17.8 Å². The van der Waals surface area contributed by atoms with Crippen molar-refractivity contribution in [3.8, 4) is 0 Å². The maximum atomic E-state index is 3.99. The van der Waals surface area contributed by atoms with Gasteiger partial charge in [0, 0.05) is 11.7 Å². The van der Waals surface area contributed by atoms with Crippen molar-refractivity contribution >= 4 is 5.69 Å². The van der Waals surface area contributed by atoms with Crippen LogP contribution in [-0.4, -0.2) is 6.04 Å². The van der Waals surface area contributed by atoms with Crippen molar-refractivity contribution in [2.75, 3.05) is 5.32 Å². The Morgan fingerprint density at radius 1 is 1.10 bits per heavy atom. The topological polar surface area (TPSA) is 12.0 Å². The summed E-state index contributed by atoms with van der Waals surface area (Å²) in [5.41, 5.74) is 4.75. The van der Waals surface area contributed by atoms with Crippen LogP contribution in [0, 0.1) is 24.7 Å². The standard InChI is InChI=1S/C19H27N/c1-12-6-4-9-15-17(12)20-18-14-8-5-7-13(14)10-11-16(18)19(15,2)3/h4,6,9,13-14,16,18,20H,5,7-8,10-11H2,1-3H3/t13-,14-,16-,18+/m1/s1. The lowest BCUT2D eigenvalue weighted by Gasteiger charge is -2.52. The average Bonchev–Trinajstić information content (AvgIpc) is 2.89. The van der Waals surface area contributed by atoms with Crippen LogP contribution in [0.5, 0.6) is 0 Å². The predicted molar refractivity (Wildman–Crippen MR) is 85.2 cm³/mol. The molecule has 0 spiro atoms. The summed E-state index contributed by atoms with van der Waals surface area (Å²) in [5.74, 6) is 2.75. The molecule has 1 aliphatic heterocycles. The second-order valence-corrected chi connectivity index (χ2v) is 7.93. The van der Waals surface area contributed by atoms with Crippen molar-refractivity contribution in [3.63, 3.8) is 0 Å². The number of anilines is 1.